The van der Waals surface area contributed by atoms with Crippen molar-refractivity contribution < 1.29 is 4.79 Å². The molecule has 2 aromatic rings. The Hall–Kier alpha value is -2.01. The number of aryl methyl sites for hydroxylation is 1. The zero-order valence-corrected chi connectivity index (χ0v) is 12.3. The van der Waals surface area contributed by atoms with Crippen molar-refractivity contribution in [3.8, 4) is 0 Å². The molecule has 1 unspecified atom stereocenters. The van der Waals surface area contributed by atoms with E-state index in [9.17, 15) is 4.79 Å². The van der Waals surface area contributed by atoms with Gasteiger partial charge in [-0.15, -0.1) is 0 Å². The normalized spacial score (nSPS) is 15.5. The van der Waals surface area contributed by atoms with Gasteiger partial charge in [0.15, 0.2) is 5.82 Å². The maximum Gasteiger partial charge on any atom is 0.270 e. The van der Waals surface area contributed by atoms with Gasteiger partial charge in [-0.1, -0.05) is 11.6 Å². The van der Waals surface area contributed by atoms with E-state index in [1.165, 1.54) is 6.20 Å². The summed E-state index contributed by atoms with van der Waals surface area (Å²) in [4.78, 5) is 25.0. The third-order valence-electron chi connectivity index (χ3n) is 3.43. The molecule has 1 fully saturated rings. The van der Waals surface area contributed by atoms with Gasteiger partial charge in [0, 0.05) is 18.1 Å². The Balaban J connectivity index is 1.79. The lowest BCUT2D eigenvalue weighted by Crippen LogP contribution is -2.31. The first kappa shape index (κ1) is 13.9. The van der Waals surface area contributed by atoms with Crippen LogP contribution < -0.4 is 5.32 Å². The molecule has 0 spiro atoms. The highest BCUT2D eigenvalue weighted by molar-refractivity contribution is 6.30. The van der Waals surface area contributed by atoms with Crippen molar-refractivity contribution in [2.45, 2.75) is 25.8 Å². The third-order valence-corrected chi connectivity index (χ3v) is 3.66. The number of halogens is 1. The number of nitrogens with one attached hydrogen (secondary N) is 1. The van der Waals surface area contributed by atoms with Gasteiger partial charge in [-0.25, -0.2) is 15.0 Å². The van der Waals surface area contributed by atoms with Gasteiger partial charge in [0.05, 0.1) is 11.1 Å². The molecule has 108 valence electrons. The van der Waals surface area contributed by atoms with Crippen LogP contribution in [-0.2, 0) is 0 Å². The smallest absolute Gasteiger partial charge is 0.270 e. The predicted molar refractivity (Wildman–Crippen MR) is 78.9 cm³/mol. The Morgan fingerprint density at radius 3 is 2.76 bits per heavy atom. The summed E-state index contributed by atoms with van der Waals surface area (Å²) in [6.45, 7) is 1.91. The predicted octanol–water partition coefficient (Wildman–Crippen LogP) is 2.71. The summed E-state index contributed by atoms with van der Waals surface area (Å²) < 4.78 is 0. The Morgan fingerprint density at radius 2 is 2.14 bits per heavy atom. The van der Waals surface area contributed by atoms with E-state index in [2.05, 4.69) is 20.3 Å². The highest BCUT2D eigenvalue weighted by Gasteiger charge is 2.35. The highest BCUT2D eigenvalue weighted by atomic mass is 35.5. The van der Waals surface area contributed by atoms with E-state index in [-0.39, 0.29) is 11.9 Å². The summed E-state index contributed by atoms with van der Waals surface area (Å²) in [7, 11) is 0. The average molecular weight is 303 g/mol. The molecular weight excluding hydrogens is 288 g/mol. The molecule has 1 atom stereocenters. The van der Waals surface area contributed by atoms with E-state index in [0.717, 1.165) is 18.5 Å². The first-order valence-electron chi connectivity index (χ1n) is 6.85. The molecule has 1 aliphatic rings. The molecule has 1 saturated carbocycles. The van der Waals surface area contributed by atoms with Crippen LogP contribution in [0, 0.1) is 12.8 Å². The van der Waals surface area contributed by atoms with Crippen LogP contribution in [0.4, 0.5) is 0 Å². The Labute approximate surface area is 127 Å². The first-order valence-corrected chi connectivity index (χ1v) is 7.23. The van der Waals surface area contributed by atoms with Gasteiger partial charge >= 0.3 is 0 Å². The molecule has 2 aromatic heterocycles. The number of hydrogen-bond donors (Lipinski definition) is 1. The second kappa shape index (κ2) is 5.77. The standard InChI is InChI=1S/C15H15ClN4O/c1-9-6-7-17-14(19-9)13(10-2-3-10)20-15(21)12-5-4-11(16)8-18-12/h4-8,10,13H,2-3H2,1H3,(H,20,21). The van der Waals surface area contributed by atoms with Gasteiger partial charge in [0.2, 0.25) is 0 Å². The summed E-state index contributed by atoms with van der Waals surface area (Å²) in [5.74, 6) is 0.844. The second-order valence-electron chi connectivity index (χ2n) is 5.21. The van der Waals surface area contributed by atoms with E-state index in [0.29, 0.717) is 22.5 Å². The Bertz CT molecular complexity index is 655. The van der Waals surface area contributed by atoms with Gasteiger partial charge < -0.3 is 5.32 Å². The van der Waals surface area contributed by atoms with Crippen LogP contribution in [0.15, 0.2) is 30.6 Å². The molecule has 0 saturated heterocycles. The third kappa shape index (κ3) is 3.36. The van der Waals surface area contributed by atoms with E-state index >= 15 is 0 Å². The fraction of sp³-hybridized carbons (Fsp3) is 0.333. The van der Waals surface area contributed by atoms with Crippen molar-refractivity contribution in [1.29, 1.82) is 0 Å². The molecule has 0 bridgehead atoms. The number of amides is 1. The number of rotatable bonds is 4. The molecule has 5 nitrogen and oxygen atoms in total. The van der Waals surface area contributed by atoms with Crippen LogP contribution in [0.5, 0.6) is 0 Å². The summed E-state index contributed by atoms with van der Waals surface area (Å²) >= 11 is 5.78. The lowest BCUT2D eigenvalue weighted by atomic mass is 10.1. The van der Waals surface area contributed by atoms with Crippen molar-refractivity contribution in [3.05, 3.63) is 52.8 Å². The minimum absolute atomic E-state index is 0.158. The number of nitrogens with zero attached hydrogens (tertiary/aromatic N) is 3. The minimum Gasteiger partial charge on any atom is -0.340 e. The summed E-state index contributed by atoms with van der Waals surface area (Å²) in [6, 6.07) is 4.95. The lowest BCUT2D eigenvalue weighted by molar-refractivity contribution is 0.0924. The van der Waals surface area contributed by atoms with Gasteiger partial charge in [0.25, 0.3) is 5.91 Å². The molecule has 1 amide bonds. The number of hydrogen-bond acceptors (Lipinski definition) is 4. The maximum absolute atomic E-state index is 12.3. The molecule has 0 aliphatic heterocycles. The van der Waals surface area contributed by atoms with Gasteiger partial charge in [-0.3, -0.25) is 4.79 Å². The molecule has 0 aromatic carbocycles. The van der Waals surface area contributed by atoms with Crippen LogP contribution in [0.1, 0.15) is 40.9 Å². The van der Waals surface area contributed by atoms with Crippen molar-refractivity contribution >= 4 is 17.5 Å². The van der Waals surface area contributed by atoms with Crippen LogP contribution in [0.3, 0.4) is 0 Å². The molecule has 1 N–H and O–H groups in total. The quantitative estimate of drug-likeness (QED) is 0.943. The van der Waals surface area contributed by atoms with Crippen molar-refractivity contribution in [1.82, 2.24) is 20.3 Å². The number of aromatic nitrogens is 3. The number of carbonyl (C=O) groups excluding carboxylic acids is 1. The topological polar surface area (TPSA) is 67.8 Å². The average Bonchev–Trinajstić information content (AvgIpc) is 3.30. The van der Waals surface area contributed by atoms with Gasteiger partial charge in [0.1, 0.15) is 5.69 Å². The minimum atomic E-state index is -0.228. The molecule has 21 heavy (non-hydrogen) atoms. The molecular formula is C15H15ClN4O. The van der Waals surface area contributed by atoms with Gasteiger partial charge in [-0.2, -0.15) is 0 Å². The van der Waals surface area contributed by atoms with Crippen LogP contribution in [0.2, 0.25) is 5.02 Å². The Morgan fingerprint density at radius 1 is 1.33 bits per heavy atom. The van der Waals surface area contributed by atoms with Crippen molar-refractivity contribution in [3.63, 3.8) is 0 Å². The molecule has 3 rings (SSSR count). The van der Waals surface area contributed by atoms with E-state index in [1.54, 1.807) is 18.3 Å². The fourth-order valence-corrected chi connectivity index (χ4v) is 2.28. The van der Waals surface area contributed by atoms with Crippen LogP contribution in [-0.4, -0.2) is 20.9 Å². The number of carbonyl (C=O) groups is 1. The van der Waals surface area contributed by atoms with E-state index < -0.39 is 0 Å². The van der Waals surface area contributed by atoms with Crippen molar-refractivity contribution in [2.24, 2.45) is 5.92 Å². The molecule has 0 radical (unpaired) electrons. The van der Waals surface area contributed by atoms with Crippen LogP contribution >= 0.6 is 11.6 Å². The maximum atomic E-state index is 12.3. The lowest BCUT2D eigenvalue weighted by Gasteiger charge is -2.16. The molecule has 2 heterocycles. The monoisotopic (exact) mass is 302 g/mol. The highest BCUT2D eigenvalue weighted by Crippen LogP contribution is 2.40. The largest absolute Gasteiger partial charge is 0.340 e. The van der Waals surface area contributed by atoms with E-state index in [1.807, 2.05) is 13.0 Å². The Kier molecular flexibility index (Phi) is 3.84. The van der Waals surface area contributed by atoms with Crippen LogP contribution in [0.25, 0.3) is 0 Å². The molecule has 6 heteroatoms. The zero-order chi connectivity index (χ0) is 14.8. The summed E-state index contributed by atoms with van der Waals surface area (Å²) in [6.07, 6.45) is 5.35. The fourth-order valence-electron chi connectivity index (χ4n) is 2.17. The summed E-state index contributed by atoms with van der Waals surface area (Å²) in [5, 5.41) is 3.50. The molecule has 1 aliphatic carbocycles. The second-order valence-corrected chi connectivity index (χ2v) is 5.64. The summed E-state index contributed by atoms with van der Waals surface area (Å²) in [5.41, 5.74) is 1.24. The first-order chi connectivity index (χ1) is 10.1. The van der Waals surface area contributed by atoms with E-state index in [4.69, 9.17) is 11.6 Å². The van der Waals surface area contributed by atoms with Gasteiger partial charge in [-0.05, 0) is 43.9 Å². The number of pyridine rings is 1. The zero-order valence-electron chi connectivity index (χ0n) is 11.6. The SMILES string of the molecule is Cc1ccnc(C(NC(=O)c2ccc(Cl)cn2)C2CC2)n1. The van der Waals surface area contributed by atoms with Crippen molar-refractivity contribution in [2.75, 3.05) is 0 Å².